The minimum Gasteiger partial charge on any atom is -0.481 e. The Kier molecular flexibility index (Phi) is 8.47. The zero-order chi connectivity index (χ0) is 25.6. The van der Waals surface area contributed by atoms with Gasteiger partial charge in [0.2, 0.25) is 15.9 Å². The van der Waals surface area contributed by atoms with Gasteiger partial charge < -0.3 is 20.5 Å². The minimum absolute atomic E-state index is 0.00164. The van der Waals surface area contributed by atoms with Gasteiger partial charge >= 0.3 is 12.1 Å². The lowest BCUT2D eigenvalue weighted by atomic mass is 9.98. The lowest BCUT2D eigenvalue weighted by Gasteiger charge is -2.20. The number of carboxylic acids is 1. The molecule has 0 saturated heterocycles. The summed E-state index contributed by atoms with van der Waals surface area (Å²) >= 11 is 0. The molecule has 0 fully saturated rings. The van der Waals surface area contributed by atoms with Crippen LogP contribution in [-0.2, 0) is 24.3 Å². The van der Waals surface area contributed by atoms with Crippen molar-refractivity contribution in [2.24, 2.45) is 0 Å². The SMILES string of the molecule is CN(CCNC(=O)C(CCC(=O)O)NC(=O)OCC1c2ccccc2-c2ccccc21)S(C)(=O)=O. The van der Waals surface area contributed by atoms with Crippen LogP contribution in [0.25, 0.3) is 11.1 Å². The van der Waals surface area contributed by atoms with Crippen LogP contribution in [0.2, 0.25) is 0 Å². The second kappa shape index (κ2) is 11.3. The summed E-state index contributed by atoms with van der Waals surface area (Å²) in [6.07, 6.45) is -0.285. The number of sulfonamides is 1. The van der Waals surface area contributed by atoms with Crippen molar-refractivity contribution in [1.29, 1.82) is 0 Å². The van der Waals surface area contributed by atoms with Gasteiger partial charge in [-0.2, -0.15) is 0 Å². The first kappa shape index (κ1) is 26.2. The van der Waals surface area contributed by atoms with Crippen LogP contribution < -0.4 is 10.6 Å². The number of carboxylic acid groups (broad SMARTS) is 1. The van der Waals surface area contributed by atoms with E-state index in [1.165, 1.54) is 7.05 Å². The molecule has 11 heteroatoms. The summed E-state index contributed by atoms with van der Waals surface area (Å²) in [6, 6.07) is 14.6. The summed E-state index contributed by atoms with van der Waals surface area (Å²) in [7, 11) is -2.03. The van der Waals surface area contributed by atoms with Gasteiger partial charge in [-0.15, -0.1) is 0 Å². The van der Waals surface area contributed by atoms with Gasteiger partial charge in [0, 0.05) is 32.5 Å². The Balaban J connectivity index is 1.60. The van der Waals surface area contributed by atoms with Crippen molar-refractivity contribution in [3.8, 4) is 11.1 Å². The van der Waals surface area contributed by atoms with Gasteiger partial charge in [-0.05, 0) is 28.7 Å². The summed E-state index contributed by atoms with van der Waals surface area (Å²) in [5.74, 6) is -1.90. The molecular weight excluding hydrogens is 474 g/mol. The third-order valence-electron chi connectivity index (χ3n) is 5.89. The van der Waals surface area contributed by atoms with Crippen molar-refractivity contribution in [3.63, 3.8) is 0 Å². The molecule has 3 N–H and O–H groups in total. The summed E-state index contributed by atoms with van der Waals surface area (Å²) in [5, 5.41) is 14.0. The second-order valence-electron chi connectivity index (χ2n) is 8.33. The van der Waals surface area contributed by atoms with Gasteiger partial charge in [0.25, 0.3) is 0 Å². The van der Waals surface area contributed by atoms with E-state index in [9.17, 15) is 22.8 Å². The molecule has 35 heavy (non-hydrogen) atoms. The van der Waals surface area contributed by atoms with Gasteiger partial charge in [0.1, 0.15) is 12.6 Å². The van der Waals surface area contributed by atoms with Crippen LogP contribution >= 0.6 is 0 Å². The molecule has 188 valence electrons. The highest BCUT2D eigenvalue weighted by molar-refractivity contribution is 7.88. The number of alkyl carbamates (subject to hydrolysis) is 1. The van der Waals surface area contributed by atoms with Gasteiger partial charge in [0.15, 0.2) is 0 Å². The molecule has 0 heterocycles. The average molecular weight is 504 g/mol. The van der Waals surface area contributed by atoms with Crippen LogP contribution in [0.3, 0.4) is 0 Å². The van der Waals surface area contributed by atoms with Crippen molar-refractivity contribution in [3.05, 3.63) is 59.7 Å². The van der Waals surface area contributed by atoms with Crippen LogP contribution in [0.5, 0.6) is 0 Å². The van der Waals surface area contributed by atoms with Gasteiger partial charge in [-0.1, -0.05) is 48.5 Å². The predicted molar refractivity (Wildman–Crippen MR) is 129 cm³/mol. The zero-order valence-corrected chi connectivity index (χ0v) is 20.4. The minimum atomic E-state index is -3.40. The summed E-state index contributed by atoms with van der Waals surface area (Å²) in [4.78, 5) is 36.1. The van der Waals surface area contributed by atoms with E-state index in [0.29, 0.717) is 0 Å². The molecule has 0 spiro atoms. The summed E-state index contributed by atoms with van der Waals surface area (Å²) in [5.41, 5.74) is 4.23. The molecule has 3 rings (SSSR count). The maximum Gasteiger partial charge on any atom is 0.407 e. The number of fused-ring (bicyclic) bond motifs is 3. The molecule has 1 aliphatic carbocycles. The predicted octanol–water partition coefficient (Wildman–Crippen LogP) is 1.77. The highest BCUT2D eigenvalue weighted by Crippen LogP contribution is 2.44. The first-order valence-corrected chi connectivity index (χ1v) is 12.9. The maximum atomic E-state index is 12.6. The molecule has 0 aliphatic heterocycles. The van der Waals surface area contributed by atoms with Crippen molar-refractivity contribution in [2.45, 2.75) is 24.8 Å². The van der Waals surface area contributed by atoms with Gasteiger partial charge in [0.05, 0.1) is 6.26 Å². The van der Waals surface area contributed by atoms with E-state index in [1.807, 2.05) is 48.5 Å². The zero-order valence-electron chi connectivity index (χ0n) is 19.6. The van der Waals surface area contributed by atoms with E-state index in [0.717, 1.165) is 32.8 Å². The summed E-state index contributed by atoms with van der Waals surface area (Å²) in [6.45, 7) is 0.0752. The molecule has 0 aromatic heterocycles. The topological polar surface area (TPSA) is 142 Å². The monoisotopic (exact) mass is 503 g/mol. The van der Waals surface area contributed by atoms with E-state index in [1.54, 1.807) is 0 Å². The number of benzene rings is 2. The van der Waals surface area contributed by atoms with Crippen molar-refractivity contribution in [1.82, 2.24) is 14.9 Å². The Hall–Kier alpha value is -3.44. The van der Waals surface area contributed by atoms with E-state index >= 15 is 0 Å². The number of hydrogen-bond acceptors (Lipinski definition) is 6. The van der Waals surface area contributed by atoms with Crippen LogP contribution in [0.1, 0.15) is 29.9 Å². The van der Waals surface area contributed by atoms with E-state index in [-0.39, 0.29) is 38.5 Å². The Morgan fingerprint density at radius 3 is 2.17 bits per heavy atom. The average Bonchev–Trinajstić information content (AvgIpc) is 3.13. The standard InChI is InChI=1S/C24H29N3O7S/c1-27(35(2,32)33)14-13-25-23(30)21(11-12-22(28)29)26-24(31)34-15-20-18-9-5-3-7-16(18)17-8-4-6-10-19(17)20/h3-10,20-21H,11-15H2,1-2H3,(H,25,30)(H,26,31)(H,28,29). The fourth-order valence-electron chi connectivity index (χ4n) is 3.94. The highest BCUT2D eigenvalue weighted by Gasteiger charge is 2.30. The normalized spacial score (nSPS) is 13.6. The van der Waals surface area contributed by atoms with E-state index in [2.05, 4.69) is 10.6 Å². The number of nitrogens with one attached hydrogen (secondary N) is 2. The maximum absolute atomic E-state index is 12.6. The van der Waals surface area contributed by atoms with E-state index in [4.69, 9.17) is 9.84 Å². The molecule has 0 radical (unpaired) electrons. The quantitative estimate of drug-likeness (QED) is 0.424. The first-order valence-electron chi connectivity index (χ1n) is 11.1. The van der Waals surface area contributed by atoms with Crippen LogP contribution in [0.4, 0.5) is 4.79 Å². The van der Waals surface area contributed by atoms with Crippen LogP contribution in [0, 0.1) is 0 Å². The van der Waals surface area contributed by atoms with E-state index < -0.39 is 34.0 Å². The molecular formula is C24H29N3O7S. The Morgan fingerprint density at radius 1 is 1.06 bits per heavy atom. The molecule has 1 unspecified atom stereocenters. The molecule has 1 atom stereocenters. The Bertz CT molecular complexity index is 1150. The number of aliphatic carboxylic acids is 1. The number of carbonyl (C=O) groups excluding carboxylic acids is 2. The lowest BCUT2D eigenvalue weighted by Crippen LogP contribution is -2.48. The number of amides is 2. The number of rotatable bonds is 11. The molecule has 2 aromatic carbocycles. The number of nitrogens with zero attached hydrogens (tertiary/aromatic N) is 1. The molecule has 1 aliphatic rings. The fraction of sp³-hybridized carbons (Fsp3) is 0.375. The smallest absolute Gasteiger partial charge is 0.407 e. The van der Waals surface area contributed by atoms with Crippen molar-refractivity contribution >= 4 is 28.0 Å². The third kappa shape index (κ3) is 6.80. The Morgan fingerprint density at radius 2 is 1.63 bits per heavy atom. The molecule has 2 aromatic rings. The molecule has 0 saturated carbocycles. The highest BCUT2D eigenvalue weighted by atomic mass is 32.2. The number of ether oxygens (including phenoxy) is 1. The second-order valence-corrected chi connectivity index (χ2v) is 10.4. The van der Waals surface area contributed by atoms with Crippen LogP contribution in [0.15, 0.2) is 48.5 Å². The van der Waals surface area contributed by atoms with Gasteiger partial charge in [-0.3, -0.25) is 9.59 Å². The summed E-state index contributed by atoms with van der Waals surface area (Å²) < 4.78 is 29.5. The first-order chi connectivity index (χ1) is 16.6. The van der Waals surface area contributed by atoms with Crippen molar-refractivity contribution < 1.29 is 32.6 Å². The number of carbonyl (C=O) groups is 3. The fourth-order valence-corrected chi connectivity index (χ4v) is 4.37. The third-order valence-corrected chi connectivity index (χ3v) is 7.21. The largest absolute Gasteiger partial charge is 0.481 e. The number of hydrogen-bond donors (Lipinski definition) is 3. The molecule has 2 amide bonds. The van der Waals surface area contributed by atoms with Crippen molar-refractivity contribution in [2.75, 3.05) is 33.0 Å². The lowest BCUT2D eigenvalue weighted by molar-refractivity contribution is -0.137. The molecule has 0 bridgehead atoms. The Labute approximate surface area is 204 Å². The number of likely N-dealkylation sites (N-methyl/N-ethyl adjacent to an activating group) is 1. The van der Waals surface area contributed by atoms with Gasteiger partial charge in [-0.25, -0.2) is 17.5 Å². The molecule has 10 nitrogen and oxygen atoms in total. The van der Waals surface area contributed by atoms with Crippen LogP contribution in [-0.4, -0.2) is 74.8 Å².